The van der Waals surface area contributed by atoms with Crippen LogP contribution in [0.5, 0.6) is 0 Å². The molecule has 2 aliphatic heterocycles. The number of nitrogens with zero attached hydrogens (tertiary/aromatic N) is 1. The minimum absolute atomic E-state index is 0.00995. The van der Waals surface area contributed by atoms with Crippen molar-refractivity contribution in [1.82, 2.24) is 9.88 Å². The summed E-state index contributed by atoms with van der Waals surface area (Å²) < 4.78 is 5.73. The van der Waals surface area contributed by atoms with Gasteiger partial charge < -0.3 is 14.5 Å². The molecular formula is C19H16N2O6S2. The van der Waals surface area contributed by atoms with Gasteiger partial charge in [0.05, 0.1) is 33.9 Å². The Morgan fingerprint density at radius 3 is 2.69 bits per heavy atom. The Labute approximate surface area is 172 Å². The Hall–Kier alpha value is -2.33. The van der Waals surface area contributed by atoms with Crippen LogP contribution >= 0.6 is 23.1 Å². The average Bonchev–Trinajstić information content (AvgIpc) is 3.45. The first kappa shape index (κ1) is 17.5. The number of aliphatic carboxylic acids is 1. The molecule has 2 amide bonds. The lowest BCUT2D eigenvalue weighted by molar-refractivity contribution is -0.149. The minimum Gasteiger partial charge on any atom is -0.480 e. The van der Waals surface area contributed by atoms with Gasteiger partial charge >= 0.3 is 10.8 Å². The van der Waals surface area contributed by atoms with E-state index in [0.717, 1.165) is 27.0 Å². The molecule has 2 aromatic rings. The van der Waals surface area contributed by atoms with Crippen LogP contribution < -0.4 is 4.87 Å². The van der Waals surface area contributed by atoms with E-state index in [-0.39, 0.29) is 45.6 Å². The van der Waals surface area contributed by atoms with Crippen molar-refractivity contribution in [1.29, 1.82) is 0 Å². The van der Waals surface area contributed by atoms with Gasteiger partial charge in [-0.1, -0.05) is 11.3 Å². The maximum atomic E-state index is 13.0. The molecule has 2 N–H and O–H groups in total. The summed E-state index contributed by atoms with van der Waals surface area (Å²) in [5.74, 6) is -2.16. The third-order valence-corrected chi connectivity index (χ3v) is 9.55. The van der Waals surface area contributed by atoms with Crippen molar-refractivity contribution in [2.75, 3.05) is 6.54 Å². The van der Waals surface area contributed by atoms with E-state index in [4.69, 9.17) is 9.52 Å². The van der Waals surface area contributed by atoms with E-state index in [1.165, 1.54) is 11.3 Å². The predicted octanol–water partition coefficient (Wildman–Crippen LogP) is 1.59. The molecule has 0 radical (unpaired) electrons. The molecule has 150 valence electrons. The van der Waals surface area contributed by atoms with Gasteiger partial charge in [0.1, 0.15) is 12.3 Å². The number of carboxylic acid groups (broad SMARTS) is 1. The van der Waals surface area contributed by atoms with E-state index < -0.39 is 24.3 Å². The lowest BCUT2D eigenvalue weighted by atomic mass is 9.69. The number of imide groups is 1. The number of aromatic nitrogens is 1. The van der Waals surface area contributed by atoms with E-state index in [9.17, 15) is 19.2 Å². The number of nitrogens with one attached hydrogen (secondary N) is 1. The molecule has 2 saturated carbocycles. The second-order valence-corrected chi connectivity index (χ2v) is 10.3. The normalized spacial score (nSPS) is 37.0. The molecule has 10 heteroatoms. The van der Waals surface area contributed by atoms with Crippen molar-refractivity contribution in [3.8, 4) is 0 Å². The summed E-state index contributed by atoms with van der Waals surface area (Å²) in [7, 11) is 0. The zero-order valence-electron chi connectivity index (χ0n) is 14.9. The number of likely N-dealkylation sites (tertiary alicyclic amines) is 1. The number of hydrogen-bond donors (Lipinski definition) is 2. The molecule has 2 bridgehead atoms. The molecule has 4 aliphatic rings. The SMILES string of the molecule is O=C(O)CN1C(=O)[C@@H]2[C@H]3C[C@@H]([C@H]4Sc5[nH]c(=O)sc5[C@H](c5ccco5)[C@H]34)[C@H]2C1=O. The summed E-state index contributed by atoms with van der Waals surface area (Å²) >= 11 is 2.77. The molecule has 2 aliphatic carbocycles. The minimum atomic E-state index is -1.18. The largest absolute Gasteiger partial charge is 0.480 e. The Kier molecular flexibility index (Phi) is 3.54. The number of carbonyl (C=O) groups excluding carboxylic acids is 2. The van der Waals surface area contributed by atoms with Gasteiger partial charge in [0.2, 0.25) is 11.8 Å². The summed E-state index contributed by atoms with van der Waals surface area (Å²) in [5, 5.41) is 10.0. The first-order valence-electron chi connectivity index (χ1n) is 9.45. The fourth-order valence-corrected chi connectivity index (χ4v) is 9.03. The monoisotopic (exact) mass is 432 g/mol. The number of furan rings is 1. The van der Waals surface area contributed by atoms with Crippen LogP contribution in [0.4, 0.5) is 0 Å². The molecule has 0 unspecified atom stereocenters. The quantitative estimate of drug-likeness (QED) is 0.707. The molecule has 7 atom stereocenters. The second kappa shape index (κ2) is 5.85. The summed E-state index contributed by atoms with van der Waals surface area (Å²) in [4.78, 5) is 53.8. The molecule has 0 spiro atoms. The zero-order valence-corrected chi connectivity index (χ0v) is 16.6. The number of H-pyrrole nitrogens is 1. The van der Waals surface area contributed by atoms with Crippen molar-refractivity contribution < 1.29 is 23.9 Å². The third-order valence-electron chi connectivity index (χ3n) is 6.96. The first-order chi connectivity index (χ1) is 14.0. The van der Waals surface area contributed by atoms with Crippen molar-refractivity contribution in [3.05, 3.63) is 38.7 Å². The summed E-state index contributed by atoms with van der Waals surface area (Å²) in [6, 6.07) is 3.71. The van der Waals surface area contributed by atoms with E-state index in [1.54, 1.807) is 18.0 Å². The van der Waals surface area contributed by atoms with Gasteiger partial charge in [-0.15, -0.1) is 11.8 Å². The topological polar surface area (TPSA) is 121 Å². The van der Waals surface area contributed by atoms with Crippen molar-refractivity contribution in [2.24, 2.45) is 29.6 Å². The number of thioether (sulfide) groups is 1. The van der Waals surface area contributed by atoms with Crippen molar-refractivity contribution in [3.63, 3.8) is 0 Å². The number of fused-ring (bicyclic) bond motifs is 9. The Bertz CT molecular complexity index is 1100. The highest BCUT2D eigenvalue weighted by Crippen LogP contribution is 2.68. The maximum Gasteiger partial charge on any atom is 0.323 e. The van der Waals surface area contributed by atoms with Crippen LogP contribution in [-0.2, 0) is 14.4 Å². The van der Waals surface area contributed by atoms with E-state index in [0.29, 0.717) is 0 Å². The fraction of sp³-hybridized carbons (Fsp3) is 0.474. The average molecular weight is 432 g/mol. The lowest BCUT2D eigenvalue weighted by Gasteiger charge is -2.42. The number of rotatable bonds is 3. The second-order valence-electron chi connectivity index (χ2n) is 8.13. The summed E-state index contributed by atoms with van der Waals surface area (Å²) in [6.45, 7) is -0.575. The highest BCUT2D eigenvalue weighted by Gasteiger charge is 2.69. The summed E-state index contributed by atoms with van der Waals surface area (Å²) in [6.07, 6.45) is 2.38. The van der Waals surface area contributed by atoms with Crippen LogP contribution in [-0.4, -0.2) is 44.6 Å². The van der Waals surface area contributed by atoms with Crippen LogP contribution in [0.1, 0.15) is 23.0 Å². The van der Waals surface area contributed by atoms with Gasteiger partial charge in [0.15, 0.2) is 0 Å². The van der Waals surface area contributed by atoms with Crippen LogP contribution in [0.25, 0.3) is 0 Å². The van der Waals surface area contributed by atoms with E-state index in [2.05, 4.69) is 4.98 Å². The summed E-state index contributed by atoms with van der Waals surface area (Å²) in [5.41, 5.74) is 0. The predicted molar refractivity (Wildman–Crippen MR) is 102 cm³/mol. The molecule has 0 aromatic carbocycles. The van der Waals surface area contributed by atoms with Crippen molar-refractivity contribution >= 4 is 40.9 Å². The van der Waals surface area contributed by atoms with Crippen LogP contribution in [0.15, 0.2) is 32.6 Å². The van der Waals surface area contributed by atoms with Crippen LogP contribution in [0.2, 0.25) is 0 Å². The third kappa shape index (κ3) is 2.21. The van der Waals surface area contributed by atoms with E-state index >= 15 is 0 Å². The zero-order chi connectivity index (χ0) is 20.0. The smallest absolute Gasteiger partial charge is 0.323 e. The van der Waals surface area contributed by atoms with Crippen LogP contribution in [0, 0.1) is 29.6 Å². The van der Waals surface area contributed by atoms with Gasteiger partial charge in [0.25, 0.3) is 0 Å². The molecule has 3 fully saturated rings. The highest BCUT2D eigenvalue weighted by atomic mass is 32.2. The Balaban J connectivity index is 1.45. The molecule has 4 heterocycles. The Morgan fingerprint density at radius 2 is 2.00 bits per heavy atom. The number of hydrogen-bond acceptors (Lipinski definition) is 7. The van der Waals surface area contributed by atoms with Gasteiger partial charge in [-0.25, -0.2) is 0 Å². The molecule has 6 rings (SSSR count). The molecule has 29 heavy (non-hydrogen) atoms. The number of aromatic amines is 1. The maximum absolute atomic E-state index is 13.0. The number of thiazole rings is 1. The Morgan fingerprint density at radius 1 is 1.24 bits per heavy atom. The fourth-order valence-electron chi connectivity index (χ4n) is 6.16. The van der Waals surface area contributed by atoms with E-state index in [1.807, 2.05) is 12.1 Å². The van der Waals surface area contributed by atoms with Gasteiger partial charge in [-0.05, 0) is 36.3 Å². The first-order valence-corrected chi connectivity index (χ1v) is 11.2. The van der Waals surface area contributed by atoms with Crippen molar-refractivity contribution in [2.45, 2.75) is 22.6 Å². The number of carboxylic acids is 1. The molecular weight excluding hydrogens is 416 g/mol. The van der Waals surface area contributed by atoms with Gasteiger partial charge in [0, 0.05) is 5.25 Å². The molecule has 8 nitrogen and oxygen atoms in total. The standard InChI is InChI=1S/C19H16N2O6S2/c22-9(23)5-21-17(24)11-6-4-7(12(11)18(21)25)14-10(6)13(8-2-1-3-27-8)15-16(28-14)20-19(26)29-15/h1-3,6-7,10-14H,4-5H2,(H,20,26)(H,22,23)/t6-,7+,10-,11+,12+,13+,14+/m0/s1. The highest BCUT2D eigenvalue weighted by molar-refractivity contribution is 8.00. The van der Waals surface area contributed by atoms with Gasteiger partial charge in [-0.2, -0.15) is 0 Å². The number of amides is 2. The molecule has 2 aromatic heterocycles. The molecule has 1 saturated heterocycles. The lowest BCUT2D eigenvalue weighted by Crippen LogP contribution is -2.42. The number of carbonyl (C=O) groups is 3. The van der Waals surface area contributed by atoms with Crippen LogP contribution in [0.3, 0.4) is 0 Å². The van der Waals surface area contributed by atoms with Gasteiger partial charge in [-0.3, -0.25) is 24.1 Å².